The van der Waals surface area contributed by atoms with Gasteiger partial charge in [-0.1, -0.05) is 24.6 Å². The van der Waals surface area contributed by atoms with E-state index in [1.807, 2.05) is 13.8 Å². The van der Waals surface area contributed by atoms with Crippen molar-refractivity contribution in [3.8, 4) is 28.4 Å². The largest absolute Gasteiger partial charge is 0.495 e. The van der Waals surface area contributed by atoms with Gasteiger partial charge in [-0.15, -0.1) is 5.10 Å². The minimum atomic E-state index is -4.58. The van der Waals surface area contributed by atoms with Gasteiger partial charge in [0.15, 0.2) is 0 Å². The number of benzene rings is 2. The van der Waals surface area contributed by atoms with Gasteiger partial charge in [-0.3, -0.25) is 9.78 Å². The van der Waals surface area contributed by atoms with Crippen LogP contribution in [0, 0.1) is 6.92 Å². The number of aromatic nitrogens is 4. The van der Waals surface area contributed by atoms with E-state index < -0.39 is 17.6 Å². The number of hydrogen-bond donors (Lipinski definition) is 1. The molecule has 0 bridgehead atoms. The third kappa shape index (κ3) is 6.19. The lowest BCUT2D eigenvalue weighted by Gasteiger charge is -2.18. The van der Waals surface area contributed by atoms with Crippen LogP contribution in [0.4, 0.5) is 18.9 Å². The molecule has 0 spiro atoms. The van der Waals surface area contributed by atoms with Crippen molar-refractivity contribution in [2.24, 2.45) is 0 Å². The number of carbonyl (C=O) groups is 1. The summed E-state index contributed by atoms with van der Waals surface area (Å²) in [5.74, 6) is 0.192. The number of halogens is 3. The lowest BCUT2D eigenvalue weighted by molar-refractivity contribution is -0.137. The Morgan fingerprint density at radius 1 is 1.08 bits per heavy atom. The van der Waals surface area contributed by atoms with E-state index in [4.69, 9.17) is 9.47 Å². The highest BCUT2D eigenvalue weighted by Crippen LogP contribution is 2.39. The highest BCUT2D eigenvalue weighted by Gasteiger charge is 2.33. The van der Waals surface area contributed by atoms with E-state index in [0.717, 1.165) is 24.1 Å². The molecule has 1 N–H and O–H groups in total. The van der Waals surface area contributed by atoms with E-state index in [1.54, 1.807) is 50.0 Å². The minimum Gasteiger partial charge on any atom is -0.495 e. The fraction of sp³-hybridized carbons (Fsp3) is 0.286. The molecule has 204 valence electrons. The Morgan fingerprint density at radius 2 is 1.87 bits per heavy atom. The van der Waals surface area contributed by atoms with E-state index in [0.29, 0.717) is 41.1 Å². The zero-order valence-electron chi connectivity index (χ0n) is 22.0. The standard InChI is InChI=1S/C28H28F3N5O3/c1-5-6-7-18-10-21(28(29,30)31)13-23(26(18)39-4)33-27(37)19-9-8-17(2)25(12-19)36-16-24(34-35-36)20-11-22(38-3)15-32-14-20/h8-16H,5-7H2,1-4H3,(H,33,37). The molecular formula is C28H28F3N5O3. The molecule has 2 aromatic heterocycles. The molecule has 2 aromatic carbocycles. The number of aryl methyl sites for hydroxylation is 2. The van der Waals surface area contributed by atoms with Gasteiger partial charge in [-0.25, -0.2) is 4.68 Å². The van der Waals surface area contributed by atoms with Gasteiger partial charge in [0.2, 0.25) is 0 Å². The van der Waals surface area contributed by atoms with E-state index in [9.17, 15) is 18.0 Å². The van der Waals surface area contributed by atoms with E-state index >= 15 is 0 Å². The number of carbonyl (C=O) groups excluding carboxylic acids is 1. The van der Waals surface area contributed by atoms with Gasteiger partial charge < -0.3 is 14.8 Å². The number of nitrogens with one attached hydrogen (secondary N) is 1. The smallest absolute Gasteiger partial charge is 0.416 e. The van der Waals surface area contributed by atoms with Crippen LogP contribution in [-0.4, -0.2) is 40.1 Å². The second kappa shape index (κ2) is 11.5. The molecule has 0 aliphatic carbocycles. The Balaban J connectivity index is 1.66. The molecule has 8 nitrogen and oxygen atoms in total. The molecule has 2 heterocycles. The Morgan fingerprint density at radius 3 is 2.56 bits per heavy atom. The summed E-state index contributed by atoms with van der Waals surface area (Å²) >= 11 is 0. The third-order valence-corrected chi connectivity index (χ3v) is 6.20. The summed E-state index contributed by atoms with van der Waals surface area (Å²) in [6.07, 6.45) is 2.18. The number of anilines is 1. The van der Waals surface area contributed by atoms with Crippen LogP contribution >= 0.6 is 0 Å². The fourth-order valence-corrected chi connectivity index (χ4v) is 4.12. The van der Waals surface area contributed by atoms with Crippen LogP contribution in [-0.2, 0) is 12.6 Å². The first-order valence-corrected chi connectivity index (χ1v) is 12.3. The number of alkyl halides is 3. The Kier molecular flexibility index (Phi) is 8.18. The van der Waals surface area contributed by atoms with Crippen LogP contribution < -0.4 is 14.8 Å². The molecule has 39 heavy (non-hydrogen) atoms. The number of methoxy groups -OCH3 is 2. The number of hydrogen-bond acceptors (Lipinski definition) is 6. The number of nitrogens with zero attached hydrogens (tertiary/aromatic N) is 4. The first-order chi connectivity index (χ1) is 18.6. The van der Waals surface area contributed by atoms with Crippen LogP contribution in [0.5, 0.6) is 11.5 Å². The summed E-state index contributed by atoms with van der Waals surface area (Å²) in [6.45, 7) is 3.80. The monoisotopic (exact) mass is 539 g/mol. The highest BCUT2D eigenvalue weighted by atomic mass is 19.4. The number of ether oxygens (including phenoxy) is 2. The molecule has 0 unspecified atom stereocenters. The Bertz CT molecular complexity index is 1480. The molecule has 4 rings (SSSR count). The van der Waals surface area contributed by atoms with Gasteiger partial charge >= 0.3 is 6.18 Å². The average Bonchev–Trinajstić information content (AvgIpc) is 3.41. The number of unbranched alkanes of at least 4 members (excludes halogenated alkanes) is 1. The predicted molar refractivity (Wildman–Crippen MR) is 140 cm³/mol. The average molecular weight is 540 g/mol. The van der Waals surface area contributed by atoms with E-state index in [2.05, 4.69) is 20.6 Å². The maximum atomic E-state index is 13.6. The zero-order valence-corrected chi connectivity index (χ0v) is 22.0. The number of amides is 1. The normalized spacial score (nSPS) is 11.4. The van der Waals surface area contributed by atoms with Crippen molar-refractivity contribution in [3.05, 3.63) is 77.2 Å². The Hall–Kier alpha value is -4.41. The van der Waals surface area contributed by atoms with Crippen molar-refractivity contribution in [3.63, 3.8) is 0 Å². The summed E-state index contributed by atoms with van der Waals surface area (Å²) in [6, 6.07) is 8.67. The Labute approximate surface area is 223 Å². The van der Waals surface area contributed by atoms with Crippen molar-refractivity contribution < 1.29 is 27.4 Å². The molecule has 0 aliphatic heterocycles. The number of rotatable bonds is 9. The first-order valence-electron chi connectivity index (χ1n) is 12.3. The van der Waals surface area contributed by atoms with Crippen molar-refractivity contribution in [1.82, 2.24) is 20.0 Å². The van der Waals surface area contributed by atoms with Crippen molar-refractivity contribution in [2.45, 2.75) is 39.3 Å². The van der Waals surface area contributed by atoms with Crippen LogP contribution in [0.2, 0.25) is 0 Å². The summed E-state index contributed by atoms with van der Waals surface area (Å²) in [4.78, 5) is 17.4. The van der Waals surface area contributed by atoms with Gasteiger partial charge in [0.25, 0.3) is 5.91 Å². The first kappa shape index (κ1) is 27.6. The molecule has 11 heteroatoms. The summed E-state index contributed by atoms with van der Waals surface area (Å²) in [5, 5.41) is 11.0. The summed E-state index contributed by atoms with van der Waals surface area (Å²) in [7, 11) is 2.91. The van der Waals surface area contributed by atoms with E-state index in [1.165, 1.54) is 11.8 Å². The van der Waals surface area contributed by atoms with Gasteiger partial charge in [-0.2, -0.15) is 13.2 Å². The lowest BCUT2D eigenvalue weighted by atomic mass is 10.0. The van der Waals surface area contributed by atoms with Crippen LogP contribution in [0.3, 0.4) is 0 Å². The molecule has 4 aromatic rings. The zero-order chi connectivity index (χ0) is 28.2. The molecule has 0 radical (unpaired) electrons. The van der Waals surface area contributed by atoms with E-state index in [-0.39, 0.29) is 17.0 Å². The second-order valence-electron chi connectivity index (χ2n) is 8.93. The highest BCUT2D eigenvalue weighted by molar-refractivity contribution is 6.05. The van der Waals surface area contributed by atoms with Crippen molar-refractivity contribution >= 4 is 11.6 Å². The quantitative estimate of drug-likeness (QED) is 0.270. The lowest BCUT2D eigenvalue weighted by Crippen LogP contribution is -2.16. The fourth-order valence-electron chi connectivity index (χ4n) is 4.12. The van der Waals surface area contributed by atoms with Gasteiger partial charge in [0.05, 0.1) is 43.6 Å². The minimum absolute atomic E-state index is 0.0425. The van der Waals surface area contributed by atoms with Gasteiger partial charge in [0, 0.05) is 17.3 Å². The van der Waals surface area contributed by atoms with Crippen molar-refractivity contribution in [2.75, 3.05) is 19.5 Å². The predicted octanol–water partition coefficient (Wildman–Crippen LogP) is 6.27. The summed E-state index contributed by atoms with van der Waals surface area (Å²) in [5.41, 5.74) is 2.35. The molecule has 0 aliphatic rings. The van der Waals surface area contributed by atoms with Crippen LogP contribution in [0.25, 0.3) is 16.9 Å². The molecular weight excluding hydrogens is 511 g/mol. The molecule has 0 saturated carbocycles. The van der Waals surface area contributed by atoms with Gasteiger partial charge in [-0.05, 0) is 61.2 Å². The third-order valence-electron chi connectivity index (χ3n) is 6.20. The molecule has 0 saturated heterocycles. The molecule has 1 amide bonds. The summed E-state index contributed by atoms with van der Waals surface area (Å²) < 4.78 is 53.1. The van der Waals surface area contributed by atoms with Crippen LogP contribution in [0.15, 0.2) is 55.0 Å². The molecule has 0 atom stereocenters. The molecule has 0 fully saturated rings. The second-order valence-corrected chi connectivity index (χ2v) is 8.93. The van der Waals surface area contributed by atoms with Gasteiger partial charge in [0.1, 0.15) is 17.2 Å². The maximum absolute atomic E-state index is 13.6. The topological polar surface area (TPSA) is 91.2 Å². The SMILES string of the molecule is CCCCc1cc(C(F)(F)F)cc(NC(=O)c2ccc(C)c(-n3cc(-c4cncc(OC)c4)nn3)c2)c1OC. The van der Waals surface area contributed by atoms with Crippen LogP contribution in [0.1, 0.15) is 46.8 Å². The maximum Gasteiger partial charge on any atom is 0.416 e. The van der Waals surface area contributed by atoms with Crippen molar-refractivity contribution in [1.29, 1.82) is 0 Å². The number of pyridine rings is 1.